The third kappa shape index (κ3) is 1.38. The topological polar surface area (TPSA) is 0 Å². The molecule has 0 N–H and O–H groups in total. The molecular formula is C18H30. The van der Waals surface area contributed by atoms with Crippen molar-refractivity contribution in [3.8, 4) is 0 Å². The number of rotatable bonds is 2. The normalized spacial score (nSPS) is 61.8. The van der Waals surface area contributed by atoms with Crippen molar-refractivity contribution in [1.29, 1.82) is 0 Å². The summed E-state index contributed by atoms with van der Waals surface area (Å²) in [4.78, 5) is 0. The Balaban J connectivity index is 1.58. The van der Waals surface area contributed by atoms with E-state index < -0.39 is 0 Å². The highest BCUT2D eigenvalue weighted by Gasteiger charge is 2.58. The van der Waals surface area contributed by atoms with Gasteiger partial charge in [0.1, 0.15) is 0 Å². The molecule has 0 spiro atoms. The number of hydrogen-bond acceptors (Lipinski definition) is 0. The van der Waals surface area contributed by atoms with E-state index in [9.17, 15) is 0 Å². The molecule has 4 saturated carbocycles. The summed E-state index contributed by atoms with van der Waals surface area (Å²) < 4.78 is 0. The van der Waals surface area contributed by atoms with Gasteiger partial charge in [0.2, 0.25) is 0 Å². The van der Waals surface area contributed by atoms with Crippen molar-refractivity contribution in [2.24, 2.45) is 40.4 Å². The van der Waals surface area contributed by atoms with Crippen LogP contribution in [-0.4, -0.2) is 0 Å². The second kappa shape index (κ2) is 3.55. The smallest absolute Gasteiger partial charge is 0.0264 e. The molecule has 4 aliphatic rings. The summed E-state index contributed by atoms with van der Waals surface area (Å²) >= 11 is 0. The molecule has 0 aliphatic heterocycles. The fourth-order valence-corrected chi connectivity index (χ4v) is 7.09. The lowest BCUT2D eigenvalue weighted by molar-refractivity contribution is 0.0200. The minimum absolute atomic E-state index is 0.697. The molecular weight excluding hydrogens is 216 g/mol. The summed E-state index contributed by atoms with van der Waals surface area (Å²) in [6.07, 6.45) is 12.5. The lowest BCUT2D eigenvalue weighted by Crippen LogP contribution is -2.39. The van der Waals surface area contributed by atoms with E-state index in [2.05, 4.69) is 20.8 Å². The molecule has 4 fully saturated rings. The fourth-order valence-electron chi connectivity index (χ4n) is 7.09. The molecule has 4 aliphatic carbocycles. The van der Waals surface area contributed by atoms with Crippen LogP contribution in [0.2, 0.25) is 0 Å². The van der Waals surface area contributed by atoms with Gasteiger partial charge in [0.15, 0.2) is 0 Å². The van der Waals surface area contributed by atoms with Crippen LogP contribution in [0.3, 0.4) is 0 Å². The van der Waals surface area contributed by atoms with E-state index in [4.69, 9.17) is 0 Å². The van der Waals surface area contributed by atoms with E-state index in [0.29, 0.717) is 5.41 Å². The first-order valence-electron chi connectivity index (χ1n) is 8.51. The zero-order valence-electron chi connectivity index (χ0n) is 12.5. The molecule has 4 bridgehead atoms. The highest BCUT2D eigenvalue weighted by Crippen LogP contribution is 2.67. The van der Waals surface area contributed by atoms with Crippen LogP contribution < -0.4 is 0 Å². The number of fused-ring (bicyclic) bond motifs is 4. The Morgan fingerprint density at radius 1 is 0.944 bits per heavy atom. The van der Waals surface area contributed by atoms with Gasteiger partial charge in [0.25, 0.3) is 0 Å². The number of hydrogen-bond donors (Lipinski definition) is 0. The maximum atomic E-state index is 2.67. The Morgan fingerprint density at radius 3 is 2.28 bits per heavy atom. The van der Waals surface area contributed by atoms with E-state index in [0.717, 1.165) is 35.0 Å². The molecule has 0 heteroatoms. The maximum absolute atomic E-state index is 2.67. The van der Waals surface area contributed by atoms with Crippen LogP contribution in [-0.2, 0) is 0 Å². The van der Waals surface area contributed by atoms with Gasteiger partial charge in [-0.1, -0.05) is 27.2 Å². The minimum Gasteiger partial charge on any atom is -0.0617 e. The van der Waals surface area contributed by atoms with Crippen LogP contribution >= 0.6 is 0 Å². The zero-order chi connectivity index (χ0) is 12.5. The van der Waals surface area contributed by atoms with Crippen LogP contribution in [0.1, 0.15) is 72.1 Å². The van der Waals surface area contributed by atoms with Gasteiger partial charge in [-0.05, 0) is 85.4 Å². The molecule has 0 aromatic heterocycles. The molecule has 102 valence electrons. The summed E-state index contributed by atoms with van der Waals surface area (Å²) in [5.41, 5.74) is 1.42. The van der Waals surface area contributed by atoms with Crippen molar-refractivity contribution in [2.45, 2.75) is 72.1 Å². The quantitative estimate of drug-likeness (QED) is 0.622. The van der Waals surface area contributed by atoms with E-state index in [1.54, 1.807) is 51.4 Å². The highest BCUT2D eigenvalue weighted by atomic mass is 14.6. The molecule has 0 radical (unpaired) electrons. The van der Waals surface area contributed by atoms with Crippen LogP contribution in [0.25, 0.3) is 0 Å². The van der Waals surface area contributed by atoms with E-state index in [1.165, 1.54) is 0 Å². The van der Waals surface area contributed by atoms with Gasteiger partial charge in [0, 0.05) is 0 Å². The van der Waals surface area contributed by atoms with Crippen molar-refractivity contribution >= 4 is 0 Å². The van der Waals surface area contributed by atoms with Crippen molar-refractivity contribution < 1.29 is 0 Å². The SMILES string of the molecule is CC1C2CCC(C2)C1(C)CC1(C)CC2CCC1C2. The van der Waals surface area contributed by atoms with E-state index in [-0.39, 0.29) is 0 Å². The molecule has 7 unspecified atom stereocenters. The van der Waals surface area contributed by atoms with Crippen LogP contribution in [0.5, 0.6) is 0 Å². The molecule has 0 heterocycles. The molecule has 0 amide bonds. The van der Waals surface area contributed by atoms with Crippen molar-refractivity contribution in [3.05, 3.63) is 0 Å². The van der Waals surface area contributed by atoms with Gasteiger partial charge in [-0.15, -0.1) is 0 Å². The predicted molar refractivity (Wildman–Crippen MR) is 76.3 cm³/mol. The molecule has 0 aromatic carbocycles. The summed E-state index contributed by atoms with van der Waals surface area (Å²) in [7, 11) is 0. The predicted octanol–water partition coefficient (Wildman–Crippen LogP) is 5.28. The lowest BCUT2D eigenvalue weighted by atomic mass is 9.57. The lowest BCUT2D eigenvalue weighted by Gasteiger charge is -2.47. The third-order valence-electron chi connectivity index (χ3n) is 8.22. The Hall–Kier alpha value is 0. The first-order chi connectivity index (χ1) is 8.51. The summed E-state index contributed by atoms with van der Waals surface area (Å²) in [5.74, 6) is 5.37. The second-order valence-corrected chi connectivity index (χ2v) is 8.98. The Labute approximate surface area is 113 Å². The average molecular weight is 246 g/mol. The molecule has 0 nitrogen and oxygen atoms in total. The van der Waals surface area contributed by atoms with Gasteiger partial charge in [-0.2, -0.15) is 0 Å². The molecule has 18 heavy (non-hydrogen) atoms. The highest BCUT2D eigenvalue weighted by molar-refractivity contribution is 5.07. The average Bonchev–Trinajstić information content (AvgIpc) is 3.02. The van der Waals surface area contributed by atoms with E-state index >= 15 is 0 Å². The Kier molecular flexibility index (Phi) is 2.33. The van der Waals surface area contributed by atoms with Crippen molar-refractivity contribution in [1.82, 2.24) is 0 Å². The Morgan fingerprint density at radius 2 is 1.72 bits per heavy atom. The monoisotopic (exact) mass is 246 g/mol. The van der Waals surface area contributed by atoms with Crippen molar-refractivity contribution in [2.75, 3.05) is 0 Å². The maximum Gasteiger partial charge on any atom is -0.0264 e. The Bertz CT molecular complexity index is 355. The molecule has 4 rings (SSSR count). The van der Waals surface area contributed by atoms with Crippen LogP contribution in [0.4, 0.5) is 0 Å². The van der Waals surface area contributed by atoms with Gasteiger partial charge in [0.05, 0.1) is 0 Å². The largest absolute Gasteiger partial charge is 0.0617 e. The molecule has 0 saturated heterocycles. The second-order valence-electron chi connectivity index (χ2n) is 8.98. The van der Waals surface area contributed by atoms with E-state index in [1.807, 2.05) is 0 Å². The van der Waals surface area contributed by atoms with Crippen LogP contribution in [0.15, 0.2) is 0 Å². The first kappa shape index (κ1) is 11.8. The third-order valence-corrected chi connectivity index (χ3v) is 8.22. The fraction of sp³-hybridized carbons (Fsp3) is 1.00. The van der Waals surface area contributed by atoms with Gasteiger partial charge < -0.3 is 0 Å². The van der Waals surface area contributed by atoms with Gasteiger partial charge >= 0.3 is 0 Å². The van der Waals surface area contributed by atoms with Crippen LogP contribution in [0, 0.1) is 40.4 Å². The summed E-state index contributed by atoms with van der Waals surface area (Å²) in [5, 5.41) is 0. The molecule has 7 atom stereocenters. The molecule has 0 aromatic rings. The minimum atomic E-state index is 0.697. The summed E-state index contributed by atoms with van der Waals surface area (Å²) in [6.45, 7) is 7.90. The van der Waals surface area contributed by atoms with Gasteiger partial charge in [-0.25, -0.2) is 0 Å². The standard InChI is InChI=1S/C18H30/c1-12-14-5-7-16(9-14)18(12,3)11-17(2)10-13-4-6-15(17)8-13/h12-16H,4-11H2,1-3H3. The summed E-state index contributed by atoms with van der Waals surface area (Å²) in [6, 6.07) is 0. The first-order valence-corrected chi connectivity index (χ1v) is 8.51. The van der Waals surface area contributed by atoms with Gasteiger partial charge in [-0.3, -0.25) is 0 Å². The zero-order valence-corrected chi connectivity index (χ0v) is 12.5. The van der Waals surface area contributed by atoms with Crippen molar-refractivity contribution in [3.63, 3.8) is 0 Å².